The van der Waals surface area contributed by atoms with E-state index in [1.165, 1.54) is 52.7 Å². The summed E-state index contributed by atoms with van der Waals surface area (Å²) in [4.78, 5) is 19.0. The van der Waals surface area contributed by atoms with Crippen molar-refractivity contribution in [1.82, 2.24) is 18.8 Å². The van der Waals surface area contributed by atoms with Crippen LogP contribution in [0.2, 0.25) is 0 Å². The number of carbonyl (C=O) groups excluding carboxylic acids is 1. The van der Waals surface area contributed by atoms with Gasteiger partial charge in [-0.05, 0) is 37.3 Å². The summed E-state index contributed by atoms with van der Waals surface area (Å²) in [6.45, 7) is 3.53. The molecule has 0 bridgehead atoms. The second-order valence-electron chi connectivity index (χ2n) is 10.3. The number of aryl methyl sites for hydroxylation is 1. The van der Waals surface area contributed by atoms with Crippen LogP contribution in [0.5, 0.6) is 5.75 Å². The molecule has 0 spiro atoms. The topological polar surface area (TPSA) is 151 Å². The summed E-state index contributed by atoms with van der Waals surface area (Å²) in [5.41, 5.74) is 0.624. The van der Waals surface area contributed by atoms with Crippen molar-refractivity contribution < 1.29 is 31.5 Å². The number of hydrogen-bond donors (Lipinski definition) is 2. The first-order valence-corrected chi connectivity index (χ1v) is 16.0. The van der Waals surface area contributed by atoms with E-state index < -0.39 is 32.2 Å². The summed E-state index contributed by atoms with van der Waals surface area (Å²) in [5.74, 6) is -0.270. The Morgan fingerprint density at radius 1 is 1.17 bits per heavy atom. The Balaban J connectivity index is 1.68. The normalized spacial score (nSPS) is 19.1. The number of benzene rings is 2. The summed E-state index contributed by atoms with van der Waals surface area (Å²) >= 11 is 0. The van der Waals surface area contributed by atoms with Gasteiger partial charge in [-0.15, -0.1) is 0 Å². The number of sulfonamides is 2. The number of likely N-dealkylation sites (N-methyl/N-ethyl adjacent to an activating group) is 1. The van der Waals surface area contributed by atoms with Gasteiger partial charge in [0.25, 0.3) is 10.0 Å². The molecule has 0 unspecified atom stereocenters. The van der Waals surface area contributed by atoms with Crippen LogP contribution < -0.4 is 9.46 Å². The standard InChI is InChI=1S/C27H35N5O7S2/c1-19-14-32(20(2)17-33)27(34)13-21-12-22(29-40(35,36)26-16-30(3)18-28-26)10-11-24(21)39-25(19)15-31(4)41(37,38)23-8-6-5-7-9-23/h5-12,16,18-20,25,29,33H,13-15,17H2,1-4H3/t19-,20-,25-/m0/s1. The van der Waals surface area contributed by atoms with Crippen molar-refractivity contribution in [3.05, 3.63) is 66.6 Å². The summed E-state index contributed by atoms with van der Waals surface area (Å²) in [6.07, 6.45) is 1.95. The Kier molecular flexibility index (Phi) is 9.07. The fraction of sp³-hybridized carbons (Fsp3) is 0.407. The van der Waals surface area contributed by atoms with Crippen LogP contribution in [0, 0.1) is 5.92 Å². The fourth-order valence-electron chi connectivity index (χ4n) is 4.57. The molecule has 3 atom stereocenters. The molecule has 0 aliphatic carbocycles. The number of aromatic nitrogens is 2. The molecule has 1 aromatic heterocycles. The number of nitrogens with zero attached hydrogens (tertiary/aromatic N) is 4. The minimum absolute atomic E-state index is 0.0125. The number of aliphatic hydroxyl groups excluding tert-OH is 1. The van der Waals surface area contributed by atoms with Gasteiger partial charge in [0.1, 0.15) is 11.9 Å². The highest BCUT2D eigenvalue weighted by Crippen LogP contribution is 2.30. The molecule has 0 fully saturated rings. The van der Waals surface area contributed by atoms with Crippen LogP contribution in [0.3, 0.4) is 0 Å². The zero-order valence-electron chi connectivity index (χ0n) is 23.3. The first kappa shape index (κ1) is 30.5. The third-order valence-corrected chi connectivity index (χ3v) is 10.1. The van der Waals surface area contributed by atoms with Gasteiger partial charge in [0.2, 0.25) is 15.9 Å². The Hall–Kier alpha value is -3.46. The molecule has 4 rings (SSSR count). The summed E-state index contributed by atoms with van der Waals surface area (Å²) in [7, 11) is -4.68. The predicted octanol–water partition coefficient (Wildman–Crippen LogP) is 1.69. The number of imidazole rings is 1. The number of rotatable bonds is 9. The van der Waals surface area contributed by atoms with Gasteiger partial charge >= 0.3 is 0 Å². The van der Waals surface area contributed by atoms with Gasteiger partial charge in [-0.1, -0.05) is 25.1 Å². The first-order valence-electron chi connectivity index (χ1n) is 13.0. The Morgan fingerprint density at radius 3 is 2.51 bits per heavy atom. The van der Waals surface area contributed by atoms with E-state index in [4.69, 9.17) is 4.74 Å². The van der Waals surface area contributed by atoms with E-state index in [1.54, 1.807) is 43.1 Å². The number of amides is 1. The highest BCUT2D eigenvalue weighted by atomic mass is 32.2. The molecular weight excluding hydrogens is 570 g/mol. The third kappa shape index (κ3) is 6.89. The molecule has 0 radical (unpaired) electrons. The Morgan fingerprint density at radius 2 is 1.88 bits per heavy atom. The van der Waals surface area contributed by atoms with Gasteiger partial charge in [-0.3, -0.25) is 9.52 Å². The van der Waals surface area contributed by atoms with E-state index in [0.717, 1.165) is 0 Å². The van der Waals surface area contributed by atoms with E-state index in [-0.39, 0.29) is 53.6 Å². The first-order chi connectivity index (χ1) is 19.3. The van der Waals surface area contributed by atoms with Crippen molar-refractivity contribution >= 4 is 31.6 Å². The molecule has 0 saturated heterocycles. The molecule has 1 amide bonds. The minimum atomic E-state index is -3.99. The molecule has 12 nitrogen and oxygen atoms in total. The Labute approximate surface area is 240 Å². The summed E-state index contributed by atoms with van der Waals surface area (Å²) < 4.78 is 63.8. The second-order valence-corrected chi connectivity index (χ2v) is 14.0. The van der Waals surface area contributed by atoms with E-state index in [0.29, 0.717) is 11.3 Å². The zero-order chi connectivity index (χ0) is 29.9. The van der Waals surface area contributed by atoms with Crippen LogP contribution >= 0.6 is 0 Å². The fourth-order valence-corrected chi connectivity index (χ4v) is 6.81. The van der Waals surface area contributed by atoms with Gasteiger partial charge in [-0.2, -0.15) is 12.7 Å². The molecule has 222 valence electrons. The molecule has 1 aliphatic heterocycles. The average molecular weight is 606 g/mol. The van der Waals surface area contributed by atoms with E-state index in [9.17, 15) is 26.7 Å². The number of aliphatic hydroxyl groups is 1. The van der Waals surface area contributed by atoms with Crippen LogP contribution in [0.4, 0.5) is 5.69 Å². The van der Waals surface area contributed by atoms with Crippen LogP contribution in [0.1, 0.15) is 19.4 Å². The molecule has 1 aliphatic rings. The van der Waals surface area contributed by atoms with Crippen molar-refractivity contribution in [1.29, 1.82) is 0 Å². The molecule has 2 aromatic carbocycles. The number of anilines is 1. The lowest BCUT2D eigenvalue weighted by atomic mass is 10.0. The van der Waals surface area contributed by atoms with Crippen LogP contribution in [-0.4, -0.2) is 85.5 Å². The monoisotopic (exact) mass is 605 g/mol. The quantitative estimate of drug-likeness (QED) is 0.374. The van der Waals surface area contributed by atoms with Gasteiger partial charge < -0.3 is 19.3 Å². The molecule has 14 heteroatoms. The SMILES string of the molecule is C[C@H]1CN([C@@H](C)CO)C(=O)Cc2cc(NS(=O)(=O)c3cn(C)cn3)ccc2O[C@H]1CN(C)S(=O)(=O)c1ccccc1. The van der Waals surface area contributed by atoms with Gasteiger partial charge in [0, 0.05) is 44.0 Å². The van der Waals surface area contributed by atoms with Gasteiger partial charge in [-0.25, -0.2) is 13.4 Å². The maximum absolute atomic E-state index is 13.4. The maximum atomic E-state index is 13.4. The van der Waals surface area contributed by atoms with Crippen molar-refractivity contribution in [2.24, 2.45) is 13.0 Å². The van der Waals surface area contributed by atoms with Crippen LogP contribution in [0.15, 0.2) is 71.0 Å². The molecule has 41 heavy (non-hydrogen) atoms. The summed E-state index contributed by atoms with van der Waals surface area (Å²) in [5, 5.41) is 9.69. The van der Waals surface area contributed by atoms with Crippen molar-refractivity contribution in [3.8, 4) is 5.75 Å². The number of nitrogens with one attached hydrogen (secondary N) is 1. The smallest absolute Gasteiger partial charge is 0.280 e. The maximum Gasteiger partial charge on any atom is 0.280 e. The lowest BCUT2D eigenvalue weighted by Gasteiger charge is -2.33. The minimum Gasteiger partial charge on any atom is -0.488 e. The largest absolute Gasteiger partial charge is 0.488 e. The van der Waals surface area contributed by atoms with Crippen molar-refractivity contribution in [2.45, 2.75) is 42.3 Å². The number of fused-ring (bicyclic) bond motifs is 1. The zero-order valence-corrected chi connectivity index (χ0v) is 25.0. The molecule has 2 heterocycles. The van der Waals surface area contributed by atoms with Gasteiger partial charge in [0.05, 0.1) is 36.8 Å². The van der Waals surface area contributed by atoms with Gasteiger partial charge in [0.15, 0.2) is 5.03 Å². The lowest BCUT2D eigenvalue weighted by molar-refractivity contribution is -0.134. The van der Waals surface area contributed by atoms with Crippen molar-refractivity contribution in [3.63, 3.8) is 0 Å². The van der Waals surface area contributed by atoms with Crippen LogP contribution in [-0.2, 0) is 38.3 Å². The highest BCUT2D eigenvalue weighted by Gasteiger charge is 2.33. The van der Waals surface area contributed by atoms with E-state index in [2.05, 4.69) is 9.71 Å². The Bertz CT molecular complexity index is 1590. The average Bonchev–Trinajstić information content (AvgIpc) is 3.40. The number of ether oxygens (including phenoxy) is 1. The lowest BCUT2D eigenvalue weighted by Crippen LogP contribution is -2.48. The second kappa shape index (κ2) is 12.2. The molecular formula is C27H35N5O7S2. The van der Waals surface area contributed by atoms with E-state index >= 15 is 0 Å². The molecule has 3 aromatic rings. The van der Waals surface area contributed by atoms with Crippen LogP contribution in [0.25, 0.3) is 0 Å². The number of carbonyl (C=O) groups is 1. The third-order valence-electron chi connectivity index (χ3n) is 7.01. The number of hydrogen-bond acceptors (Lipinski definition) is 8. The van der Waals surface area contributed by atoms with Crippen molar-refractivity contribution in [2.75, 3.05) is 31.5 Å². The summed E-state index contributed by atoms with van der Waals surface area (Å²) in [6, 6.07) is 12.2. The van der Waals surface area contributed by atoms with E-state index in [1.807, 2.05) is 6.92 Å². The molecule has 0 saturated carbocycles. The predicted molar refractivity (Wildman–Crippen MR) is 152 cm³/mol. The molecule has 2 N–H and O–H groups in total. The highest BCUT2D eigenvalue weighted by molar-refractivity contribution is 7.92.